The number of non-ortho nitro benzene ring substituents is 1. The standard InChI is InChI=1S/C14H18N4O3/c19-18(20)11-5-3-6-12-13(11)16-14(21-12)15-7-4-10-17-8-1-2-9-17/h3,5-6H,1-2,4,7-10H2,(H,15,16). The van der Waals surface area contributed by atoms with Crippen LogP contribution in [-0.4, -0.2) is 41.0 Å². The summed E-state index contributed by atoms with van der Waals surface area (Å²) in [5, 5.41) is 14.0. The summed E-state index contributed by atoms with van der Waals surface area (Å²) < 4.78 is 5.49. The number of rotatable bonds is 6. The molecule has 112 valence electrons. The van der Waals surface area contributed by atoms with Crippen molar-refractivity contribution in [3.05, 3.63) is 28.3 Å². The third-order valence-electron chi connectivity index (χ3n) is 3.72. The predicted octanol–water partition coefficient (Wildman–Crippen LogP) is 2.63. The van der Waals surface area contributed by atoms with Crippen molar-refractivity contribution in [3.63, 3.8) is 0 Å². The van der Waals surface area contributed by atoms with Crippen LogP contribution in [0, 0.1) is 10.1 Å². The van der Waals surface area contributed by atoms with Gasteiger partial charge in [0.25, 0.3) is 11.7 Å². The first-order valence-corrected chi connectivity index (χ1v) is 7.24. The molecule has 0 radical (unpaired) electrons. The zero-order valence-corrected chi connectivity index (χ0v) is 11.7. The molecular weight excluding hydrogens is 272 g/mol. The maximum absolute atomic E-state index is 10.9. The maximum Gasteiger partial charge on any atom is 0.298 e. The average molecular weight is 290 g/mol. The molecule has 1 aromatic carbocycles. The zero-order valence-electron chi connectivity index (χ0n) is 11.7. The molecule has 1 aliphatic heterocycles. The van der Waals surface area contributed by atoms with E-state index in [9.17, 15) is 10.1 Å². The summed E-state index contributed by atoms with van der Waals surface area (Å²) in [6, 6.07) is 5.07. The van der Waals surface area contributed by atoms with Gasteiger partial charge in [0.1, 0.15) is 0 Å². The third kappa shape index (κ3) is 3.13. The molecule has 0 aliphatic carbocycles. The largest absolute Gasteiger partial charge is 0.423 e. The van der Waals surface area contributed by atoms with E-state index < -0.39 is 4.92 Å². The van der Waals surface area contributed by atoms with E-state index in [-0.39, 0.29) is 5.69 Å². The van der Waals surface area contributed by atoms with Gasteiger partial charge in [0.15, 0.2) is 11.1 Å². The van der Waals surface area contributed by atoms with Crippen molar-refractivity contribution in [2.45, 2.75) is 19.3 Å². The number of likely N-dealkylation sites (tertiary alicyclic amines) is 1. The minimum atomic E-state index is -0.442. The Hall–Kier alpha value is -2.15. The quantitative estimate of drug-likeness (QED) is 0.500. The predicted molar refractivity (Wildman–Crippen MR) is 79.4 cm³/mol. The Labute approximate surface area is 122 Å². The number of fused-ring (bicyclic) bond motifs is 1. The molecule has 1 aromatic heterocycles. The Morgan fingerprint density at radius 3 is 2.95 bits per heavy atom. The molecule has 0 atom stereocenters. The molecule has 1 N–H and O–H groups in total. The fourth-order valence-electron chi connectivity index (χ4n) is 2.66. The van der Waals surface area contributed by atoms with Crippen LogP contribution in [0.3, 0.4) is 0 Å². The molecule has 2 heterocycles. The van der Waals surface area contributed by atoms with E-state index in [4.69, 9.17) is 4.42 Å². The lowest BCUT2D eigenvalue weighted by Crippen LogP contribution is -2.22. The number of nitrogens with zero attached hydrogens (tertiary/aromatic N) is 3. The van der Waals surface area contributed by atoms with Gasteiger partial charge >= 0.3 is 0 Å². The second-order valence-corrected chi connectivity index (χ2v) is 5.23. The molecule has 0 unspecified atom stereocenters. The lowest BCUT2D eigenvalue weighted by molar-refractivity contribution is -0.383. The maximum atomic E-state index is 10.9. The number of anilines is 1. The van der Waals surface area contributed by atoms with Crippen LogP contribution >= 0.6 is 0 Å². The Morgan fingerprint density at radius 2 is 2.19 bits per heavy atom. The monoisotopic (exact) mass is 290 g/mol. The number of nitrogens with one attached hydrogen (secondary N) is 1. The topological polar surface area (TPSA) is 84.4 Å². The van der Waals surface area contributed by atoms with Gasteiger partial charge in [0.2, 0.25) is 0 Å². The van der Waals surface area contributed by atoms with Gasteiger partial charge in [-0.3, -0.25) is 10.1 Å². The van der Waals surface area contributed by atoms with Gasteiger partial charge in [0, 0.05) is 12.6 Å². The Balaban J connectivity index is 1.59. The second-order valence-electron chi connectivity index (χ2n) is 5.23. The number of aromatic nitrogens is 1. The molecule has 21 heavy (non-hydrogen) atoms. The first-order chi connectivity index (χ1) is 10.2. The Morgan fingerprint density at radius 1 is 1.38 bits per heavy atom. The van der Waals surface area contributed by atoms with Gasteiger partial charge in [-0.2, -0.15) is 4.98 Å². The van der Waals surface area contributed by atoms with E-state index in [2.05, 4.69) is 15.2 Å². The van der Waals surface area contributed by atoms with Crippen LogP contribution in [0.15, 0.2) is 22.6 Å². The number of nitro benzene ring substituents is 1. The summed E-state index contributed by atoms with van der Waals surface area (Å²) >= 11 is 0. The number of nitro groups is 1. The molecule has 0 amide bonds. The second kappa shape index (κ2) is 6.09. The molecule has 1 saturated heterocycles. The van der Waals surface area contributed by atoms with Crippen molar-refractivity contribution in [2.24, 2.45) is 0 Å². The molecule has 0 saturated carbocycles. The van der Waals surface area contributed by atoms with Gasteiger partial charge < -0.3 is 14.6 Å². The van der Waals surface area contributed by atoms with Crippen molar-refractivity contribution in [2.75, 3.05) is 31.5 Å². The SMILES string of the molecule is O=[N+]([O-])c1cccc2oc(NCCCN3CCCC3)nc12. The van der Waals surface area contributed by atoms with E-state index >= 15 is 0 Å². The van der Waals surface area contributed by atoms with Crippen LogP contribution in [-0.2, 0) is 0 Å². The van der Waals surface area contributed by atoms with Crippen molar-refractivity contribution in [1.82, 2.24) is 9.88 Å². The van der Waals surface area contributed by atoms with E-state index in [1.54, 1.807) is 12.1 Å². The highest BCUT2D eigenvalue weighted by atomic mass is 16.6. The van der Waals surface area contributed by atoms with Crippen molar-refractivity contribution in [3.8, 4) is 0 Å². The molecular formula is C14H18N4O3. The first kappa shape index (κ1) is 13.8. The number of hydrogen-bond acceptors (Lipinski definition) is 6. The molecule has 7 nitrogen and oxygen atoms in total. The Bertz CT molecular complexity index is 634. The van der Waals surface area contributed by atoms with Crippen LogP contribution in [0.5, 0.6) is 0 Å². The average Bonchev–Trinajstić information content (AvgIpc) is 3.11. The van der Waals surface area contributed by atoms with E-state index in [0.717, 1.165) is 19.5 Å². The summed E-state index contributed by atoms with van der Waals surface area (Å²) in [5.74, 6) is 0. The zero-order chi connectivity index (χ0) is 14.7. The highest BCUT2D eigenvalue weighted by Gasteiger charge is 2.17. The molecule has 0 bridgehead atoms. The van der Waals surface area contributed by atoms with Gasteiger partial charge in [0.05, 0.1) is 4.92 Å². The van der Waals surface area contributed by atoms with Crippen molar-refractivity contribution >= 4 is 22.8 Å². The lowest BCUT2D eigenvalue weighted by Gasteiger charge is -2.13. The Kier molecular flexibility index (Phi) is 4.01. The summed E-state index contributed by atoms with van der Waals surface area (Å²) in [6.45, 7) is 4.19. The molecule has 0 spiro atoms. The van der Waals surface area contributed by atoms with Gasteiger partial charge in [-0.1, -0.05) is 6.07 Å². The number of benzene rings is 1. The van der Waals surface area contributed by atoms with Crippen molar-refractivity contribution in [1.29, 1.82) is 0 Å². The van der Waals surface area contributed by atoms with Gasteiger partial charge in [-0.25, -0.2) is 0 Å². The fourth-order valence-corrected chi connectivity index (χ4v) is 2.66. The molecule has 2 aromatic rings. The van der Waals surface area contributed by atoms with Gasteiger partial charge in [-0.05, 0) is 45.0 Å². The minimum absolute atomic E-state index is 0.0265. The van der Waals surface area contributed by atoms with E-state index in [1.807, 2.05) is 0 Å². The van der Waals surface area contributed by atoms with E-state index in [1.165, 1.54) is 32.0 Å². The van der Waals surface area contributed by atoms with Crippen molar-refractivity contribution < 1.29 is 9.34 Å². The summed E-state index contributed by atoms with van der Waals surface area (Å²) in [6.07, 6.45) is 3.59. The summed E-state index contributed by atoms with van der Waals surface area (Å²) in [4.78, 5) is 17.1. The first-order valence-electron chi connectivity index (χ1n) is 7.24. The minimum Gasteiger partial charge on any atom is -0.423 e. The highest BCUT2D eigenvalue weighted by Crippen LogP contribution is 2.27. The van der Waals surface area contributed by atoms with Gasteiger partial charge in [-0.15, -0.1) is 0 Å². The molecule has 3 rings (SSSR count). The molecule has 1 fully saturated rings. The van der Waals surface area contributed by atoms with Crippen LogP contribution < -0.4 is 5.32 Å². The third-order valence-corrected chi connectivity index (χ3v) is 3.72. The summed E-state index contributed by atoms with van der Waals surface area (Å²) in [5.41, 5.74) is 0.706. The number of oxazole rings is 1. The fraction of sp³-hybridized carbons (Fsp3) is 0.500. The van der Waals surface area contributed by atoms with Crippen LogP contribution in [0.2, 0.25) is 0 Å². The lowest BCUT2D eigenvalue weighted by atomic mass is 10.3. The molecule has 7 heteroatoms. The van der Waals surface area contributed by atoms with Crippen LogP contribution in [0.4, 0.5) is 11.7 Å². The number of hydrogen-bond donors (Lipinski definition) is 1. The van der Waals surface area contributed by atoms with E-state index in [0.29, 0.717) is 17.1 Å². The molecule has 1 aliphatic rings. The highest BCUT2D eigenvalue weighted by molar-refractivity contribution is 5.83. The normalized spacial score (nSPS) is 15.6. The van der Waals surface area contributed by atoms with Crippen LogP contribution in [0.25, 0.3) is 11.1 Å². The van der Waals surface area contributed by atoms with Crippen LogP contribution in [0.1, 0.15) is 19.3 Å². The number of para-hydroxylation sites is 1. The smallest absolute Gasteiger partial charge is 0.298 e. The summed E-state index contributed by atoms with van der Waals surface area (Å²) in [7, 11) is 0.